The van der Waals surface area contributed by atoms with Crippen molar-refractivity contribution in [2.75, 3.05) is 6.54 Å². The van der Waals surface area contributed by atoms with Gasteiger partial charge in [-0.25, -0.2) is 8.42 Å². The highest BCUT2D eigenvalue weighted by Gasteiger charge is 2.28. The monoisotopic (exact) mass is 298 g/mol. The topological polar surface area (TPSA) is 63.4 Å². The maximum Gasteiger partial charge on any atom is 0.243 e. The lowest BCUT2D eigenvalue weighted by Gasteiger charge is -2.27. The van der Waals surface area contributed by atoms with E-state index in [2.05, 4.69) is 0 Å². The van der Waals surface area contributed by atoms with Crippen LogP contribution in [-0.4, -0.2) is 25.3 Å². The zero-order chi connectivity index (χ0) is 15.5. The third-order valence-electron chi connectivity index (χ3n) is 3.90. The Morgan fingerprint density at radius 1 is 1.25 bits per heavy atom. The van der Waals surface area contributed by atoms with Gasteiger partial charge in [-0.15, -0.1) is 0 Å². The predicted molar refractivity (Wildman–Crippen MR) is 83.1 cm³/mol. The molecule has 0 aromatic heterocycles. The Morgan fingerprint density at radius 2 is 1.85 bits per heavy atom. The third kappa shape index (κ3) is 3.22. The summed E-state index contributed by atoms with van der Waals surface area (Å²) in [5, 5.41) is 0. The van der Waals surface area contributed by atoms with Crippen molar-refractivity contribution in [2.24, 2.45) is 5.73 Å². The van der Waals surface area contributed by atoms with E-state index in [0.29, 0.717) is 18.0 Å². The Hall–Kier alpha value is -0.910. The van der Waals surface area contributed by atoms with Crippen molar-refractivity contribution >= 4 is 10.0 Å². The molecule has 0 radical (unpaired) electrons. The summed E-state index contributed by atoms with van der Waals surface area (Å²) in [5.41, 5.74) is 8.29. The van der Waals surface area contributed by atoms with Crippen LogP contribution in [0.15, 0.2) is 17.0 Å². The number of hydrogen-bond acceptors (Lipinski definition) is 3. The minimum Gasteiger partial charge on any atom is -0.326 e. The maximum absolute atomic E-state index is 12.9. The second kappa shape index (κ2) is 6.70. The highest BCUT2D eigenvalue weighted by molar-refractivity contribution is 7.89. The van der Waals surface area contributed by atoms with Crippen molar-refractivity contribution in [3.8, 4) is 0 Å². The first kappa shape index (κ1) is 17.1. The van der Waals surface area contributed by atoms with E-state index in [1.165, 1.54) is 0 Å². The van der Waals surface area contributed by atoms with Gasteiger partial charge in [0, 0.05) is 19.1 Å². The molecule has 1 atom stereocenters. The summed E-state index contributed by atoms with van der Waals surface area (Å²) in [5.74, 6) is 0. The molecule has 5 heteroatoms. The lowest BCUT2D eigenvalue weighted by Crippen LogP contribution is -2.38. The van der Waals surface area contributed by atoms with Gasteiger partial charge < -0.3 is 5.73 Å². The van der Waals surface area contributed by atoms with E-state index < -0.39 is 10.0 Å². The maximum atomic E-state index is 12.9. The van der Waals surface area contributed by atoms with Crippen LogP contribution in [0.2, 0.25) is 0 Å². The Balaban J connectivity index is 3.45. The second-order valence-electron chi connectivity index (χ2n) is 5.21. The number of rotatable bonds is 6. The molecule has 0 aliphatic rings. The summed E-state index contributed by atoms with van der Waals surface area (Å²) in [6.45, 7) is 10.4. The number of nitrogens with two attached hydrogens (primary N) is 1. The van der Waals surface area contributed by atoms with Crippen LogP contribution in [0.5, 0.6) is 0 Å². The molecule has 2 N–H and O–H groups in total. The van der Waals surface area contributed by atoms with Gasteiger partial charge in [0.2, 0.25) is 10.0 Å². The SMILES string of the molecule is CCC(C)N(CC)S(=O)(=O)c1cc(CN)cc(C)c1C. The summed E-state index contributed by atoms with van der Waals surface area (Å²) in [4.78, 5) is 0.389. The summed E-state index contributed by atoms with van der Waals surface area (Å²) in [6.07, 6.45) is 0.793. The van der Waals surface area contributed by atoms with E-state index >= 15 is 0 Å². The van der Waals surface area contributed by atoms with E-state index in [1.54, 1.807) is 10.4 Å². The molecule has 0 aliphatic heterocycles. The lowest BCUT2D eigenvalue weighted by atomic mass is 10.1. The smallest absolute Gasteiger partial charge is 0.243 e. The Bertz CT molecular complexity index is 567. The van der Waals surface area contributed by atoms with Gasteiger partial charge in [0.1, 0.15) is 0 Å². The number of sulfonamides is 1. The minimum atomic E-state index is -3.47. The molecular formula is C15H26N2O2S. The first-order valence-electron chi connectivity index (χ1n) is 7.11. The van der Waals surface area contributed by atoms with E-state index in [1.807, 2.05) is 40.7 Å². The molecule has 1 rings (SSSR count). The fourth-order valence-corrected chi connectivity index (χ4v) is 4.40. The number of aryl methyl sites for hydroxylation is 1. The summed E-state index contributed by atoms with van der Waals surface area (Å²) < 4.78 is 27.3. The lowest BCUT2D eigenvalue weighted by molar-refractivity contribution is 0.342. The Morgan fingerprint density at radius 3 is 2.30 bits per heavy atom. The highest BCUT2D eigenvalue weighted by Crippen LogP contribution is 2.26. The molecule has 0 saturated heterocycles. The molecule has 0 saturated carbocycles. The first-order valence-corrected chi connectivity index (χ1v) is 8.55. The number of hydrogen-bond donors (Lipinski definition) is 1. The van der Waals surface area contributed by atoms with Crippen LogP contribution in [0.25, 0.3) is 0 Å². The van der Waals surface area contributed by atoms with Crippen LogP contribution >= 0.6 is 0 Å². The standard InChI is InChI=1S/C15H26N2O2S/c1-6-12(4)17(7-2)20(18,19)15-9-14(10-16)8-11(3)13(15)5/h8-9,12H,6-7,10,16H2,1-5H3. The van der Waals surface area contributed by atoms with Crippen LogP contribution in [0, 0.1) is 13.8 Å². The van der Waals surface area contributed by atoms with Crippen molar-refractivity contribution in [1.29, 1.82) is 0 Å². The number of nitrogens with zero attached hydrogens (tertiary/aromatic N) is 1. The van der Waals surface area contributed by atoms with Crippen molar-refractivity contribution in [1.82, 2.24) is 4.31 Å². The van der Waals surface area contributed by atoms with Gasteiger partial charge in [-0.1, -0.05) is 19.9 Å². The molecule has 114 valence electrons. The molecule has 1 aromatic carbocycles. The summed E-state index contributed by atoms with van der Waals surface area (Å²) in [6, 6.07) is 3.66. The van der Waals surface area contributed by atoms with Crippen LogP contribution in [0.1, 0.15) is 43.9 Å². The van der Waals surface area contributed by atoms with Crippen LogP contribution < -0.4 is 5.73 Å². The van der Waals surface area contributed by atoms with Gasteiger partial charge in [-0.3, -0.25) is 0 Å². The predicted octanol–water partition coefficient (Wildman–Crippen LogP) is 2.57. The molecule has 1 unspecified atom stereocenters. The summed E-state index contributed by atoms with van der Waals surface area (Å²) in [7, 11) is -3.47. The normalized spacial score (nSPS) is 13.8. The van der Waals surface area contributed by atoms with Crippen molar-refractivity contribution in [2.45, 2.75) is 58.5 Å². The third-order valence-corrected chi connectivity index (χ3v) is 6.11. The molecule has 0 heterocycles. The molecule has 4 nitrogen and oxygen atoms in total. The fraction of sp³-hybridized carbons (Fsp3) is 0.600. The molecule has 1 aromatic rings. The van der Waals surface area contributed by atoms with Crippen molar-refractivity contribution in [3.63, 3.8) is 0 Å². The molecule has 0 amide bonds. The van der Waals surface area contributed by atoms with Crippen LogP contribution in [0.3, 0.4) is 0 Å². The van der Waals surface area contributed by atoms with E-state index in [0.717, 1.165) is 23.1 Å². The van der Waals surface area contributed by atoms with Gasteiger partial charge in [0.05, 0.1) is 4.90 Å². The van der Waals surface area contributed by atoms with Gasteiger partial charge in [0.15, 0.2) is 0 Å². The molecule has 0 fully saturated rings. The van der Waals surface area contributed by atoms with E-state index in [4.69, 9.17) is 5.73 Å². The van der Waals surface area contributed by atoms with Gasteiger partial charge >= 0.3 is 0 Å². The molecule has 20 heavy (non-hydrogen) atoms. The first-order chi connectivity index (χ1) is 9.29. The Kier molecular flexibility index (Phi) is 5.74. The quantitative estimate of drug-likeness (QED) is 0.878. The van der Waals surface area contributed by atoms with Crippen molar-refractivity contribution in [3.05, 3.63) is 28.8 Å². The number of benzene rings is 1. The van der Waals surface area contributed by atoms with Gasteiger partial charge in [-0.05, 0) is 49.9 Å². The Labute approximate surface area is 123 Å². The average molecular weight is 298 g/mol. The zero-order valence-electron chi connectivity index (χ0n) is 13.1. The minimum absolute atomic E-state index is 0.00811. The molecule has 0 aliphatic carbocycles. The van der Waals surface area contributed by atoms with Gasteiger partial charge in [-0.2, -0.15) is 4.31 Å². The molecule has 0 spiro atoms. The van der Waals surface area contributed by atoms with Gasteiger partial charge in [0.25, 0.3) is 0 Å². The largest absolute Gasteiger partial charge is 0.326 e. The van der Waals surface area contributed by atoms with Crippen LogP contribution in [0.4, 0.5) is 0 Å². The van der Waals surface area contributed by atoms with E-state index in [-0.39, 0.29) is 6.04 Å². The van der Waals surface area contributed by atoms with Crippen LogP contribution in [-0.2, 0) is 16.6 Å². The van der Waals surface area contributed by atoms with E-state index in [9.17, 15) is 8.42 Å². The second-order valence-corrected chi connectivity index (χ2v) is 7.06. The summed E-state index contributed by atoms with van der Waals surface area (Å²) >= 11 is 0. The van der Waals surface area contributed by atoms with Crippen molar-refractivity contribution < 1.29 is 8.42 Å². The highest BCUT2D eigenvalue weighted by atomic mass is 32.2. The zero-order valence-corrected chi connectivity index (χ0v) is 13.9. The molecular weight excluding hydrogens is 272 g/mol. The average Bonchev–Trinajstić information content (AvgIpc) is 2.41. The molecule has 0 bridgehead atoms. The fourth-order valence-electron chi connectivity index (χ4n) is 2.33.